The zero-order valence-electron chi connectivity index (χ0n) is 11.0. The molecule has 1 fully saturated rings. The normalized spacial score (nSPS) is 17.9. The number of hydrogen-bond donors (Lipinski definition) is 2. The molecule has 0 aliphatic carbocycles. The number of nitrogens with zero attached hydrogens (tertiary/aromatic N) is 2. The highest BCUT2D eigenvalue weighted by Gasteiger charge is 2.27. The van der Waals surface area contributed by atoms with Gasteiger partial charge in [-0.25, -0.2) is 9.18 Å². The van der Waals surface area contributed by atoms with E-state index < -0.39 is 5.82 Å². The zero-order valence-corrected chi connectivity index (χ0v) is 11.0. The summed E-state index contributed by atoms with van der Waals surface area (Å²) in [5, 5.41) is 20.6. The topological polar surface area (TPSA) is 76.4 Å². The van der Waals surface area contributed by atoms with Crippen molar-refractivity contribution in [2.75, 3.05) is 13.2 Å². The average molecular weight is 277 g/mol. The molecule has 106 valence electrons. The second-order valence-electron chi connectivity index (χ2n) is 4.75. The molecule has 0 radical (unpaired) electrons. The highest BCUT2D eigenvalue weighted by molar-refractivity contribution is 5.74. The number of hydrogen-bond acceptors (Lipinski definition) is 3. The first-order valence-electron chi connectivity index (χ1n) is 6.49. The fraction of sp³-hybridized carbons (Fsp3) is 0.429. The summed E-state index contributed by atoms with van der Waals surface area (Å²) in [6.45, 7) is 0.554. The summed E-state index contributed by atoms with van der Waals surface area (Å²) in [5.41, 5.74) is 0.627. The van der Waals surface area contributed by atoms with Gasteiger partial charge in [-0.3, -0.25) is 0 Å². The number of carbonyl (C=O) groups excluding carboxylic acids is 1. The lowest BCUT2D eigenvalue weighted by Gasteiger charge is -2.23. The van der Waals surface area contributed by atoms with Crippen LogP contribution in [0.2, 0.25) is 0 Å². The smallest absolute Gasteiger partial charge is 0.317 e. The maximum atomic E-state index is 13.6. The second-order valence-corrected chi connectivity index (χ2v) is 4.75. The molecule has 0 saturated carbocycles. The van der Waals surface area contributed by atoms with Crippen LogP contribution < -0.4 is 5.32 Å². The Kier molecular flexibility index (Phi) is 4.53. The largest absolute Gasteiger partial charge is 0.394 e. The van der Waals surface area contributed by atoms with E-state index in [1.54, 1.807) is 4.90 Å². The van der Waals surface area contributed by atoms with Gasteiger partial charge in [-0.05, 0) is 31.0 Å². The minimum absolute atomic E-state index is 0.0227. The molecule has 1 atom stereocenters. The Morgan fingerprint density at radius 1 is 1.60 bits per heavy atom. The van der Waals surface area contributed by atoms with Crippen LogP contribution in [0.1, 0.15) is 24.0 Å². The number of nitrogens with one attached hydrogen (secondary N) is 1. The molecule has 1 aliphatic heterocycles. The fourth-order valence-corrected chi connectivity index (χ4v) is 2.35. The van der Waals surface area contributed by atoms with Gasteiger partial charge in [-0.1, -0.05) is 0 Å². The van der Waals surface area contributed by atoms with Crippen LogP contribution in [0, 0.1) is 17.1 Å². The number of carbonyl (C=O) groups is 1. The molecule has 1 heterocycles. The van der Waals surface area contributed by atoms with E-state index in [1.807, 2.05) is 6.07 Å². The number of nitriles is 1. The van der Waals surface area contributed by atoms with Crippen molar-refractivity contribution < 1.29 is 14.3 Å². The minimum Gasteiger partial charge on any atom is -0.394 e. The van der Waals surface area contributed by atoms with E-state index in [0.29, 0.717) is 12.1 Å². The number of aliphatic hydroxyl groups is 1. The summed E-state index contributed by atoms with van der Waals surface area (Å²) >= 11 is 0. The predicted molar refractivity (Wildman–Crippen MR) is 70.2 cm³/mol. The predicted octanol–water partition coefficient (Wildman–Crippen LogP) is 1.36. The first-order valence-corrected chi connectivity index (χ1v) is 6.49. The van der Waals surface area contributed by atoms with Crippen LogP contribution in [0.4, 0.5) is 9.18 Å². The summed E-state index contributed by atoms with van der Waals surface area (Å²) in [6.07, 6.45) is 1.64. The molecule has 0 bridgehead atoms. The molecule has 0 unspecified atom stereocenters. The summed E-state index contributed by atoms with van der Waals surface area (Å²) in [6, 6.07) is 5.48. The Balaban J connectivity index is 1.98. The van der Waals surface area contributed by atoms with Crippen LogP contribution in [-0.2, 0) is 6.54 Å². The lowest BCUT2D eigenvalue weighted by Crippen LogP contribution is -2.43. The third-order valence-corrected chi connectivity index (χ3v) is 3.45. The Morgan fingerprint density at radius 3 is 3.10 bits per heavy atom. The van der Waals surface area contributed by atoms with Gasteiger partial charge in [0.25, 0.3) is 0 Å². The van der Waals surface area contributed by atoms with Crippen molar-refractivity contribution in [3.63, 3.8) is 0 Å². The average Bonchev–Trinajstić information content (AvgIpc) is 2.94. The molecule has 1 aromatic rings. The Morgan fingerprint density at radius 2 is 2.40 bits per heavy atom. The monoisotopic (exact) mass is 277 g/mol. The lowest BCUT2D eigenvalue weighted by atomic mass is 10.1. The van der Waals surface area contributed by atoms with Crippen LogP contribution in [0.3, 0.4) is 0 Å². The molecule has 2 amide bonds. The number of halogens is 1. The van der Waals surface area contributed by atoms with Crippen LogP contribution in [0.5, 0.6) is 0 Å². The Labute approximate surface area is 116 Å². The number of benzene rings is 1. The molecule has 0 spiro atoms. The van der Waals surface area contributed by atoms with Crippen molar-refractivity contribution in [3.05, 3.63) is 35.1 Å². The number of urea groups is 1. The molecule has 2 rings (SSSR count). The quantitative estimate of drug-likeness (QED) is 0.876. The second kappa shape index (κ2) is 6.35. The van der Waals surface area contributed by atoms with Gasteiger partial charge in [-0.15, -0.1) is 0 Å². The first-order chi connectivity index (χ1) is 9.65. The van der Waals surface area contributed by atoms with E-state index in [-0.39, 0.29) is 30.8 Å². The summed E-state index contributed by atoms with van der Waals surface area (Å²) in [4.78, 5) is 13.5. The van der Waals surface area contributed by atoms with Gasteiger partial charge in [0, 0.05) is 18.7 Å². The third-order valence-electron chi connectivity index (χ3n) is 3.45. The highest BCUT2D eigenvalue weighted by Crippen LogP contribution is 2.17. The molecular formula is C14H16FN3O2. The van der Waals surface area contributed by atoms with Crippen molar-refractivity contribution in [3.8, 4) is 6.07 Å². The van der Waals surface area contributed by atoms with Gasteiger partial charge >= 0.3 is 6.03 Å². The summed E-state index contributed by atoms with van der Waals surface area (Å²) in [5.74, 6) is -0.454. The zero-order chi connectivity index (χ0) is 14.5. The van der Waals surface area contributed by atoms with Crippen molar-refractivity contribution in [1.29, 1.82) is 5.26 Å². The minimum atomic E-state index is -0.454. The molecule has 5 nitrogen and oxygen atoms in total. The van der Waals surface area contributed by atoms with Crippen molar-refractivity contribution in [2.45, 2.75) is 25.4 Å². The van der Waals surface area contributed by atoms with Gasteiger partial charge in [0.05, 0.1) is 24.3 Å². The summed E-state index contributed by atoms with van der Waals surface area (Å²) in [7, 11) is 0. The van der Waals surface area contributed by atoms with Gasteiger partial charge in [0.15, 0.2) is 0 Å². The molecule has 2 N–H and O–H groups in total. The van der Waals surface area contributed by atoms with Gasteiger partial charge in [0.1, 0.15) is 5.82 Å². The maximum absolute atomic E-state index is 13.6. The van der Waals surface area contributed by atoms with Gasteiger partial charge in [-0.2, -0.15) is 5.26 Å². The Hall–Kier alpha value is -2.13. The number of rotatable bonds is 3. The standard InChI is InChI=1S/C14H16FN3O2/c15-13-4-3-10(7-16)6-11(13)8-17-14(20)18-5-1-2-12(18)9-19/h3-4,6,12,19H,1-2,5,8-9H2,(H,17,20)/t12-/m0/s1. The first kappa shape index (κ1) is 14.3. The molecule has 6 heteroatoms. The molecule has 1 saturated heterocycles. The van der Waals surface area contributed by atoms with Crippen LogP contribution >= 0.6 is 0 Å². The molecule has 1 aliphatic rings. The van der Waals surface area contributed by atoms with Gasteiger partial charge < -0.3 is 15.3 Å². The summed E-state index contributed by atoms with van der Waals surface area (Å²) < 4.78 is 13.6. The van der Waals surface area contributed by atoms with Gasteiger partial charge in [0.2, 0.25) is 0 Å². The number of amides is 2. The van der Waals surface area contributed by atoms with E-state index >= 15 is 0 Å². The van der Waals surface area contributed by atoms with Crippen molar-refractivity contribution in [1.82, 2.24) is 10.2 Å². The van der Waals surface area contributed by atoms with Crippen LogP contribution in [-0.4, -0.2) is 35.2 Å². The SMILES string of the molecule is N#Cc1ccc(F)c(CNC(=O)N2CCC[C@H]2CO)c1. The van der Waals surface area contributed by atoms with Crippen molar-refractivity contribution in [2.24, 2.45) is 0 Å². The van der Waals surface area contributed by atoms with E-state index in [4.69, 9.17) is 10.4 Å². The molecular weight excluding hydrogens is 261 g/mol. The third kappa shape index (κ3) is 3.06. The van der Waals surface area contributed by atoms with E-state index in [0.717, 1.165) is 12.8 Å². The lowest BCUT2D eigenvalue weighted by molar-refractivity contribution is 0.157. The fourth-order valence-electron chi connectivity index (χ4n) is 2.35. The number of likely N-dealkylation sites (tertiary alicyclic amines) is 1. The van der Waals surface area contributed by atoms with E-state index in [9.17, 15) is 9.18 Å². The Bertz CT molecular complexity index is 542. The van der Waals surface area contributed by atoms with Crippen LogP contribution in [0.25, 0.3) is 0 Å². The van der Waals surface area contributed by atoms with Crippen molar-refractivity contribution >= 4 is 6.03 Å². The van der Waals surface area contributed by atoms with E-state index in [1.165, 1.54) is 18.2 Å². The molecule has 0 aromatic heterocycles. The highest BCUT2D eigenvalue weighted by atomic mass is 19.1. The molecule has 1 aromatic carbocycles. The molecule has 20 heavy (non-hydrogen) atoms. The number of aliphatic hydroxyl groups excluding tert-OH is 1. The van der Waals surface area contributed by atoms with E-state index in [2.05, 4.69) is 5.32 Å². The maximum Gasteiger partial charge on any atom is 0.317 e. The van der Waals surface area contributed by atoms with Crippen LogP contribution in [0.15, 0.2) is 18.2 Å².